The monoisotopic (exact) mass is 493 g/mol. The van der Waals surface area contributed by atoms with Gasteiger partial charge in [0.2, 0.25) is 0 Å². The van der Waals surface area contributed by atoms with E-state index in [-0.39, 0.29) is 25.0 Å². The number of nitrogens with zero attached hydrogens (tertiary/aromatic N) is 5. The fraction of sp³-hybridized carbons (Fsp3) is 0.500. The van der Waals surface area contributed by atoms with Crippen LogP contribution >= 0.6 is 0 Å². The number of aromatic nitrogens is 2. The van der Waals surface area contributed by atoms with Gasteiger partial charge in [-0.3, -0.25) is 14.3 Å². The van der Waals surface area contributed by atoms with Crippen LogP contribution in [0.15, 0.2) is 36.7 Å². The van der Waals surface area contributed by atoms with Crippen LogP contribution in [0, 0.1) is 22.7 Å². The fourth-order valence-corrected chi connectivity index (χ4v) is 4.80. The quantitative estimate of drug-likeness (QED) is 0.588. The van der Waals surface area contributed by atoms with Gasteiger partial charge in [-0.1, -0.05) is 12.1 Å². The van der Waals surface area contributed by atoms with Crippen molar-refractivity contribution in [1.82, 2.24) is 19.6 Å². The SMILES string of the molecule is CCOC(=O)C1CN(C(=O)c2cnn(Cc3ccc(C#N)cc3)c2)CC12CN(C(=O)OC(C)(C)C)C2. The molecular formula is C26H31N5O5. The van der Waals surface area contributed by atoms with Gasteiger partial charge in [0.25, 0.3) is 5.91 Å². The van der Waals surface area contributed by atoms with E-state index in [0.717, 1.165) is 5.56 Å². The van der Waals surface area contributed by atoms with Gasteiger partial charge in [-0.25, -0.2) is 4.79 Å². The summed E-state index contributed by atoms with van der Waals surface area (Å²) in [5, 5.41) is 13.3. The van der Waals surface area contributed by atoms with Crippen LogP contribution in [0.1, 0.15) is 49.2 Å². The molecule has 0 radical (unpaired) electrons. The van der Waals surface area contributed by atoms with Crippen molar-refractivity contribution in [3.05, 3.63) is 53.3 Å². The molecule has 1 aromatic heterocycles. The highest BCUT2D eigenvalue weighted by molar-refractivity contribution is 5.94. The summed E-state index contributed by atoms with van der Waals surface area (Å²) in [7, 11) is 0. The molecule has 4 rings (SSSR count). The van der Waals surface area contributed by atoms with Crippen molar-refractivity contribution in [1.29, 1.82) is 5.26 Å². The number of carbonyl (C=O) groups excluding carboxylic acids is 3. The van der Waals surface area contributed by atoms with Gasteiger partial charge in [0.05, 0.1) is 42.5 Å². The summed E-state index contributed by atoms with van der Waals surface area (Å²) in [6.07, 6.45) is 2.77. The van der Waals surface area contributed by atoms with Crippen molar-refractivity contribution in [2.45, 2.75) is 39.8 Å². The second-order valence-corrected chi connectivity index (χ2v) is 10.4. The molecule has 3 heterocycles. The van der Waals surface area contributed by atoms with Crippen LogP contribution in [-0.4, -0.2) is 75.9 Å². The van der Waals surface area contributed by atoms with Crippen LogP contribution in [-0.2, 0) is 20.8 Å². The lowest BCUT2D eigenvalue weighted by molar-refractivity contribution is -0.155. The number of likely N-dealkylation sites (tertiary alicyclic amines) is 2. The molecule has 2 amide bonds. The Hall–Kier alpha value is -3.87. The van der Waals surface area contributed by atoms with Crippen molar-refractivity contribution < 1.29 is 23.9 Å². The van der Waals surface area contributed by atoms with Gasteiger partial charge in [-0.2, -0.15) is 10.4 Å². The van der Waals surface area contributed by atoms with Gasteiger partial charge in [0.15, 0.2) is 0 Å². The van der Waals surface area contributed by atoms with E-state index in [1.807, 2.05) is 12.1 Å². The zero-order valence-electron chi connectivity index (χ0n) is 21.1. The largest absolute Gasteiger partial charge is 0.466 e. The first kappa shape index (κ1) is 25.2. The van der Waals surface area contributed by atoms with Gasteiger partial charge in [-0.05, 0) is 45.4 Å². The van der Waals surface area contributed by atoms with Crippen molar-refractivity contribution >= 4 is 18.0 Å². The summed E-state index contributed by atoms with van der Waals surface area (Å²) >= 11 is 0. The van der Waals surface area contributed by atoms with E-state index in [0.29, 0.717) is 37.3 Å². The molecule has 2 aliphatic rings. The topological polar surface area (TPSA) is 118 Å². The second kappa shape index (κ2) is 9.64. The minimum atomic E-state index is -0.615. The summed E-state index contributed by atoms with van der Waals surface area (Å²) in [4.78, 5) is 41.8. The number of ether oxygens (including phenoxy) is 2. The Bertz CT molecular complexity index is 1180. The molecule has 10 nitrogen and oxygen atoms in total. The zero-order chi connectivity index (χ0) is 26.1. The lowest BCUT2D eigenvalue weighted by Gasteiger charge is -2.49. The van der Waals surface area contributed by atoms with Crippen LogP contribution in [0.2, 0.25) is 0 Å². The van der Waals surface area contributed by atoms with Gasteiger partial charge in [0.1, 0.15) is 5.60 Å². The van der Waals surface area contributed by atoms with Crippen LogP contribution < -0.4 is 0 Å². The van der Waals surface area contributed by atoms with E-state index in [1.165, 1.54) is 6.20 Å². The third-order valence-corrected chi connectivity index (χ3v) is 6.48. The number of nitriles is 1. The van der Waals surface area contributed by atoms with Crippen LogP contribution in [0.4, 0.5) is 4.79 Å². The van der Waals surface area contributed by atoms with E-state index in [1.54, 1.807) is 60.5 Å². The summed E-state index contributed by atoms with van der Waals surface area (Å²) < 4.78 is 12.4. The predicted octanol–water partition coefficient (Wildman–Crippen LogP) is 2.68. The van der Waals surface area contributed by atoms with E-state index >= 15 is 0 Å². The van der Waals surface area contributed by atoms with Crippen molar-refractivity contribution in [2.75, 3.05) is 32.8 Å². The number of amides is 2. The van der Waals surface area contributed by atoms with E-state index in [4.69, 9.17) is 14.7 Å². The molecule has 1 spiro atoms. The molecule has 0 N–H and O–H groups in total. The molecule has 10 heteroatoms. The first-order valence-electron chi connectivity index (χ1n) is 12.0. The van der Waals surface area contributed by atoms with E-state index < -0.39 is 23.0 Å². The van der Waals surface area contributed by atoms with Gasteiger partial charge in [0, 0.05) is 37.8 Å². The Labute approximate surface area is 210 Å². The summed E-state index contributed by atoms with van der Waals surface area (Å²) in [6.45, 7) is 9.09. The number of rotatable bonds is 5. The third kappa shape index (κ3) is 5.20. The minimum absolute atomic E-state index is 0.219. The van der Waals surface area contributed by atoms with Crippen molar-refractivity contribution in [3.8, 4) is 6.07 Å². The third-order valence-electron chi connectivity index (χ3n) is 6.48. The molecule has 0 bridgehead atoms. The Morgan fingerprint density at radius 2 is 1.81 bits per heavy atom. The highest BCUT2D eigenvalue weighted by Gasteiger charge is 2.60. The van der Waals surface area contributed by atoms with E-state index in [9.17, 15) is 14.4 Å². The molecule has 2 saturated heterocycles. The highest BCUT2D eigenvalue weighted by Crippen LogP contribution is 2.45. The van der Waals surface area contributed by atoms with Gasteiger partial charge in [-0.15, -0.1) is 0 Å². The number of benzene rings is 1. The molecule has 2 aromatic rings. The molecule has 0 aliphatic carbocycles. The van der Waals surface area contributed by atoms with Crippen LogP contribution in [0.25, 0.3) is 0 Å². The average molecular weight is 494 g/mol. The molecule has 190 valence electrons. The zero-order valence-corrected chi connectivity index (χ0v) is 21.1. The Balaban J connectivity index is 1.45. The first-order chi connectivity index (χ1) is 17.0. The number of hydrogen-bond acceptors (Lipinski definition) is 7. The standard InChI is InChI=1S/C26H31N5O5/c1-5-35-23(33)21-14-29(15-26(21)16-30(17-26)24(34)36-25(2,3)4)22(32)20-11-28-31(13-20)12-19-8-6-18(10-27)7-9-19/h6-9,11,13,21H,5,12,14-17H2,1-4H3. The normalized spacial score (nSPS) is 18.5. The van der Waals surface area contributed by atoms with Crippen molar-refractivity contribution in [3.63, 3.8) is 0 Å². The molecule has 1 aromatic carbocycles. The maximum Gasteiger partial charge on any atom is 0.410 e. The summed E-state index contributed by atoms with van der Waals surface area (Å²) in [6, 6.07) is 9.27. The minimum Gasteiger partial charge on any atom is -0.466 e. The molecule has 2 fully saturated rings. The molecular weight excluding hydrogens is 462 g/mol. The van der Waals surface area contributed by atoms with Gasteiger partial charge >= 0.3 is 12.1 Å². The Morgan fingerprint density at radius 1 is 1.14 bits per heavy atom. The van der Waals surface area contributed by atoms with Gasteiger partial charge < -0.3 is 19.3 Å². The predicted molar refractivity (Wildman–Crippen MR) is 129 cm³/mol. The summed E-state index contributed by atoms with van der Waals surface area (Å²) in [5.74, 6) is -1.09. The molecule has 1 atom stereocenters. The van der Waals surface area contributed by atoms with Crippen molar-refractivity contribution in [2.24, 2.45) is 11.3 Å². The summed E-state index contributed by atoms with van der Waals surface area (Å²) in [5.41, 5.74) is 0.783. The molecule has 1 unspecified atom stereocenters. The van der Waals surface area contributed by atoms with Crippen LogP contribution in [0.5, 0.6) is 0 Å². The fourth-order valence-electron chi connectivity index (χ4n) is 4.80. The highest BCUT2D eigenvalue weighted by atomic mass is 16.6. The maximum absolute atomic E-state index is 13.3. The smallest absolute Gasteiger partial charge is 0.410 e. The average Bonchev–Trinajstić information content (AvgIpc) is 3.42. The second-order valence-electron chi connectivity index (χ2n) is 10.4. The number of carbonyl (C=O) groups is 3. The van der Waals surface area contributed by atoms with E-state index in [2.05, 4.69) is 11.2 Å². The molecule has 36 heavy (non-hydrogen) atoms. The van der Waals surface area contributed by atoms with Crippen LogP contribution in [0.3, 0.4) is 0 Å². The first-order valence-corrected chi connectivity index (χ1v) is 12.0. The molecule has 2 aliphatic heterocycles. The lowest BCUT2D eigenvalue weighted by atomic mass is 9.71. The Morgan fingerprint density at radius 3 is 2.42 bits per heavy atom. The number of esters is 1. The molecule has 0 saturated carbocycles. The Kier molecular flexibility index (Phi) is 6.76. The lowest BCUT2D eigenvalue weighted by Crippen LogP contribution is -2.64. The maximum atomic E-state index is 13.3. The number of hydrogen-bond donors (Lipinski definition) is 0.